The molecule has 0 aliphatic carbocycles. The molecule has 41 heavy (non-hydrogen) atoms. The largest absolute Gasteiger partial charge is 0.444 e. The predicted octanol–water partition coefficient (Wildman–Crippen LogP) is 5.44. The Morgan fingerprint density at radius 2 is 1.78 bits per heavy atom. The molecule has 1 aromatic carbocycles. The van der Waals surface area contributed by atoms with Crippen LogP contribution >= 0.6 is 20.7 Å². The molecule has 2 aromatic rings. The van der Waals surface area contributed by atoms with E-state index in [9.17, 15) is 14.4 Å². The number of benzene rings is 1. The number of pyridine rings is 1. The van der Waals surface area contributed by atoms with Crippen LogP contribution in [0.15, 0.2) is 35.3 Å². The SMILES string of the molecule is CCC1(N2CI=C(Nc3ccc(C(=O)N4CCCC4)c(C)c3)c3c2cc[nH]c3=O)CCN(C(=O)OC(C)(C)C)CC1. The van der Waals surface area contributed by atoms with Crippen LogP contribution in [-0.4, -0.2) is 72.3 Å². The van der Waals surface area contributed by atoms with Crippen LogP contribution in [0.5, 0.6) is 0 Å². The lowest BCUT2D eigenvalue weighted by molar-refractivity contribution is 0.0163. The highest BCUT2D eigenvalue weighted by atomic mass is 127. The summed E-state index contributed by atoms with van der Waals surface area (Å²) < 4.78 is 7.49. The molecule has 4 heterocycles. The van der Waals surface area contributed by atoms with Gasteiger partial charge in [-0.15, -0.1) is 0 Å². The Kier molecular flexibility index (Phi) is 8.50. The number of carbonyl (C=O) groups excluding carboxylic acids is 2. The van der Waals surface area contributed by atoms with Crippen molar-refractivity contribution in [2.24, 2.45) is 0 Å². The van der Waals surface area contributed by atoms with Crippen LogP contribution in [0.25, 0.3) is 0 Å². The second-order valence-electron chi connectivity index (χ2n) is 12.3. The minimum Gasteiger partial charge on any atom is -0.444 e. The number of nitrogens with one attached hydrogen (secondary N) is 2. The molecule has 0 bridgehead atoms. The summed E-state index contributed by atoms with van der Waals surface area (Å²) in [6, 6.07) is 7.90. The van der Waals surface area contributed by atoms with E-state index in [1.54, 1.807) is 6.20 Å². The summed E-state index contributed by atoms with van der Waals surface area (Å²) in [7, 11) is 0. The fourth-order valence-corrected chi connectivity index (χ4v) is 9.26. The maximum Gasteiger partial charge on any atom is 0.410 e. The van der Waals surface area contributed by atoms with Crippen molar-refractivity contribution in [1.29, 1.82) is 0 Å². The van der Waals surface area contributed by atoms with Crippen molar-refractivity contribution < 1.29 is 14.3 Å². The molecule has 222 valence electrons. The summed E-state index contributed by atoms with van der Waals surface area (Å²) in [5.74, 6) is 0.101. The molecule has 2 fully saturated rings. The van der Waals surface area contributed by atoms with Gasteiger partial charge in [-0.05, 0) is 89.6 Å². The van der Waals surface area contributed by atoms with Crippen LogP contribution in [0.2, 0.25) is 0 Å². The predicted molar refractivity (Wildman–Crippen MR) is 173 cm³/mol. The van der Waals surface area contributed by atoms with Crippen molar-refractivity contribution in [2.45, 2.75) is 77.9 Å². The lowest BCUT2D eigenvalue weighted by Gasteiger charge is -2.50. The lowest BCUT2D eigenvalue weighted by Crippen LogP contribution is -2.57. The fraction of sp³-hybridized carbons (Fsp3) is 0.548. The number of aromatic nitrogens is 1. The van der Waals surface area contributed by atoms with Gasteiger partial charge in [0.1, 0.15) is 5.60 Å². The van der Waals surface area contributed by atoms with Gasteiger partial charge < -0.3 is 29.7 Å². The smallest absolute Gasteiger partial charge is 0.410 e. The van der Waals surface area contributed by atoms with Gasteiger partial charge in [-0.3, -0.25) is 9.59 Å². The Hall–Kier alpha value is -2.89. The van der Waals surface area contributed by atoms with Gasteiger partial charge in [0.2, 0.25) is 0 Å². The molecule has 0 atom stereocenters. The molecule has 0 spiro atoms. The van der Waals surface area contributed by atoms with Crippen molar-refractivity contribution >= 4 is 47.7 Å². The molecular weight excluding hydrogens is 633 g/mol. The fourth-order valence-electron chi connectivity index (χ4n) is 6.08. The van der Waals surface area contributed by atoms with Crippen molar-refractivity contribution in [2.75, 3.05) is 40.9 Å². The zero-order valence-corrected chi connectivity index (χ0v) is 27.0. The van der Waals surface area contributed by atoms with Gasteiger partial charge in [-0.2, -0.15) is 0 Å². The van der Waals surface area contributed by atoms with E-state index in [1.807, 2.05) is 61.8 Å². The number of nitrogens with zero attached hydrogens (tertiary/aromatic N) is 3. The topological polar surface area (TPSA) is 98.0 Å². The normalized spacial score (nSPS) is 18.8. The Morgan fingerprint density at radius 1 is 1.07 bits per heavy atom. The highest BCUT2D eigenvalue weighted by Crippen LogP contribution is 2.41. The maximum atomic E-state index is 13.3. The zero-order valence-electron chi connectivity index (χ0n) is 24.8. The number of likely N-dealkylation sites (tertiary alicyclic amines) is 2. The molecule has 0 unspecified atom stereocenters. The number of H-pyrrole nitrogens is 1. The van der Waals surface area contributed by atoms with Gasteiger partial charge in [0.15, 0.2) is 0 Å². The van der Waals surface area contributed by atoms with Gasteiger partial charge in [-0.25, -0.2) is 4.79 Å². The lowest BCUT2D eigenvalue weighted by atomic mass is 9.83. The van der Waals surface area contributed by atoms with Crippen molar-refractivity contribution in [3.63, 3.8) is 0 Å². The molecular formula is C31H42IN5O4. The molecule has 9 nitrogen and oxygen atoms in total. The summed E-state index contributed by atoms with van der Waals surface area (Å²) in [5, 5.41) is 3.58. The number of alkyl halides is 1. The second kappa shape index (κ2) is 11.8. The number of anilines is 2. The van der Waals surface area contributed by atoms with E-state index in [2.05, 4.69) is 22.1 Å². The zero-order chi connectivity index (χ0) is 29.4. The van der Waals surface area contributed by atoms with Gasteiger partial charge in [0.05, 0.1) is 19.4 Å². The number of hydrogen-bond acceptors (Lipinski definition) is 6. The molecule has 2 N–H and O–H groups in total. The van der Waals surface area contributed by atoms with Crippen LogP contribution < -0.4 is 15.8 Å². The average Bonchev–Trinajstić information content (AvgIpc) is 3.47. The van der Waals surface area contributed by atoms with Gasteiger partial charge in [-0.1, -0.05) is 27.7 Å². The highest BCUT2D eigenvalue weighted by Gasteiger charge is 2.42. The van der Waals surface area contributed by atoms with E-state index in [1.165, 1.54) is 0 Å². The number of rotatable bonds is 5. The van der Waals surface area contributed by atoms with E-state index < -0.39 is 26.3 Å². The Balaban J connectivity index is 1.36. The second-order valence-corrected chi connectivity index (χ2v) is 14.8. The Labute approximate surface area is 252 Å². The molecule has 0 radical (unpaired) electrons. The highest BCUT2D eigenvalue weighted by molar-refractivity contribution is 14.2. The van der Waals surface area contributed by atoms with Crippen LogP contribution in [0, 0.1) is 6.92 Å². The van der Waals surface area contributed by atoms with Crippen LogP contribution in [0.3, 0.4) is 0 Å². The number of carbonyl (C=O) groups is 2. The number of ether oxygens (including phenoxy) is 1. The first-order chi connectivity index (χ1) is 19.5. The number of halogens is 1. The first-order valence-electron chi connectivity index (χ1n) is 14.6. The molecule has 2 amide bonds. The molecule has 5 rings (SSSR count). The van der Waals surface area contributed by atoms with Crippen molar-refractivity contribution in [3.05, 3.63) is 57.5 Å². The van der Waals surface area contributed by atoms with E-state index in [-0.39, 0.29) is 23.1 Å². The van der Waals surface area contributed by atoms with Gasteiger partial charge in [0.25, 0.3) is 11.5 Å². The molecule has 0 saturated carbocycles. The molecule has 10 heteroatoms. The van der Waals surface area contributed by atoms with Gasteiger partial charge >= 0.3 is 6.09 Å². The third kappa shape index (κ3) is 6.17. The average molecular weight is 676 g/mol. The Morgan fingerprint density at radius 3 is 2.41 bits per heavy atom. The standard InChI is InChI=1S/C31H42IN5O4/c1-6-31(12-17-36(18-13-31)29(40)41-30(3,4)5)37-20-32-26(25-24(37)11-14-33-27(25)38)34-22-9-10-23(21(2)19-22)28(39)35-15-7-8-16-35/h9-11,14,19,34H,6-8,12-13,15-18,20H2,1-5H3,(H,33,38). The number of piperidine rings is 1. The number of aromatic amines is 1. The summed E-state index contributed by atoms with van der Waals surface area (Å²) in [4.78, 5) is 48.0. The van der Waals surface area contributed by atoms with Crippen LogP contribution in [0.4, 0.5) is 16.2 Å². The molecule has 3 aliphatic heterocycles. The van der Waals surface area contributed by atoms with Crippen molar-refractivity contribution in [3.8, 4) is 0 Å². The Bertz CT molecular complexity index is 1400. The third-order valence-corrected chi connectivity index (χ3v) is 11.0. The number of aryl methyl sites for hydroxylation is 1. The number of amides is 2. The maximum absolute atomic E-state index is 13.3. The van der Waals surface area contributed by atoms with E-state index in [0.717, 1.165) is 75.9 Å². The summed E-state index contributed by atoms with van der Waals surface area (Å²) >= 11 is -0.539. The molecule has 3 aliphatic rings. The molecule has 1 aromatic heterocycles. The van der Waals surface area contributed by atoms with Crippen LogP contribution in [0.1, 0.15) is 81.3 Å². The summed E-state index contributed by atoms with van der Waals surface area (Å²) in [6.45, 7) is 12.8. The first kappa shape index (κ1) is 29.6. The van der Waals surface area contributed by atoms with Crippen molar-refractivity contribution in [1.82, 2.24) is 14.8 Å². The number of fused-ring (bicyclic) bond motifs is 1. The minimum atomic E-state index is -0.539. The third-order valence-electron chi connectivity index (χ3n) is 8.44. The van der Waals surface area contributed by atoms with E-state index >= 15 is 0 Å². The van der Waals surface area contributed by atoms with Gasteiger partial charge in [0, 0.05) is 49.2 Å². The summed E-state index contributed by atoms with van der Waals surface area (Å²) in [6.07, 6.45) is 6.20. The van der Waals surface area contributed by atoms with E-state index in [4.69, 9.17) is 4.74 Å². The first-order valence-corrected chi connectivity index (χ1v) is 17.2. The minimum absolute atomic E-state index is 0.0932. The van der Waals surface area contributed by atoms with Crippen LogP contribution in [-0.2, 0) is 4.74 Å². The number of hydrogen-bond donors (Lipinski definition) is 2. The molecule has 2 saturated heterocycles. The van der Waals surface area contributed by atoms with E-state index in [0.29, 0.717) is 18.7 Å². The quantitative estimate of drug-likeness (QED) is 0.249. The summed E-state index contributed by atoms with van der Waals surface area (Å²) in [5.41, 5.74) is 3.50. The monoisotopic (exact) mass is 675 g/mol.